The summed E-state index contributed by atoms with van der Waals surface area (Å²) in [6, 6.07) is 24.1. The molecule has 0 bridgehead atoms. The molecule has 1 heterocycles. The van der Waals surface area contributed by atoms with E-state index in [-0.39, 0.29) is 6.54 Å². The maximum absolute atomic E-state index is 13.1. The van der Waals surface area contributed by atoms with Gasteiger partial charge in [-0.05, 0) is 49.1 Å². The molecular formula is C27H27N3O4. The Morgan fingerprint density at radius 2 is 1.65 bits per heavy atom. The Morgan fingerprint density at radius 1 is 0.971 bits per heavy atom. The number of carbonyl (C=O) groups is 3. The molecule has 7 nitrogen and oxygen atoms in total. The third-order valence-corrected chi connectivity index (χ3v) is 6.01. The number of anilines is 1. The van der Waals surface area contributed by atoms with Crippen LogP contribution in [0.1, 0.15) is 18.9 Å². The Balaban J connectivity index is 1.41. The Bertz CT molecular complexity index is 1190. The molecular weight excluding hydrogens is 430 g/mol. The maximum atomic E-state index is 13.1. The number of para-hydroxylation sites is 1. The fourth-order valence-electron chi connectivity index (χ4n) is 4.04. The molecule has 0 aliphatic carbocycles. The number of rotatable bonds is 8. The molecule has 1 atom stereocenters. The van der Waals surface area contributed by atoms with Gasteiger partial charge in [0.1, 0.15) is 17.8 Å². The first kappa shape index (κ1) is 23.0. The van der Waals surface area contributed by atoms with Crippen LogP contribution in [0, 0.1) is 0 Å². The molecule has 3 aromatic rings. The SMILES string of the molecule is COc1ccc(CC[C@@]2(C)NC(=O)N(CC(=O)Nc3ccccc3-c3ccccc3)C2=O)cc1. The third kappa shape index (κ3) is 4.93. The van der Waals surface area contributed by atoms with Crippen LogP contribution in [0.15, 0.2) is 78.9 Å². The third-order valence-electron chi connectivity index (χ3n) is 6.01. The minimum Gasteiger partial charge on any atom is -0.497 e. The lowest BCUT2D eigenvalue weighted by Gasteiger charge is -2.21. The Kier molecular flexibility index (Phi) is 6.63. The Hall–Kier alpha value is -4.13. The maximum Gasteiger partial charge on any atom is 0.325 e. The van der Waals surface area contributed by atoms with Gasteiger partial charge in [0, 0.05) is 11.3 Å². The first-order valence-electron chi connectivity index (χ1n) is 11.1. The molecule has 3 aromatic carbocycles. The van der Waals surface area contributed by atoms with E-state index in [0.717, 1.165) is 27.3 Å². The monoisotopic (exact) mass is 457 g/mol. The van der Waals surface area contributed by atoms with Crippen LogP contribution in [-0.2, 0) is 16.0 Å². The average Bonchev–Trinajstić information content (AvgIpc) is 3.07. The van der Waals surface area contributed by atoms with E-state index in [4.69, 9.17) is 4.74 Å². The van der Waals surface area contributed by atoms with E-state index in [1.165, 1.54) is 0 Å². The molecule has 1 aliphatic heterocycles. The summed E-state index contributed by atoms with van der Waals surface area (Å²) in [6.45, 7) is 1.34. The van der Waals surface area contributed by atoms with E-state index in [2.05, 4.69) is 10.6 Å². The Labute approximate surface area is 198 Å². The first-order valence-corrected chi connectivity index (χ1v) is 11.1. The van der Waals surface area contributed by atoms with Gasteiger partial charge in [-0.25, -0.2) is 4.79 Å². The van der Waals surface area contributed by atoms with Gasteiger partial charge >= 0.3 is 6.03 Å². The summed E-state index contributed by atoms with van der Waals surface area (Å²) in [7, 11) is 1.60. The molecule has 0 unspecified atom stereocenters. The summed E-state index contributed by atoms with van der Waals surface area (Å²) in [4.78, 5) is 39.4. The van der Waals surface area contributed by atoms with Crippen LogP contribution < -0.4 is 15.4 Å². The number of methoxy groups -OCH3 is 1. The highest BCUT2D eigenvalue weighted by Crippen LogP contribution is 2.28. The highest BCUT2D eigenvalue weighted by Gasteiger charge is 2.47. The summed E-state index contributed by atoms with van der Waals surface area (Å²) < 4.78 is 5.17. The van der Waals surface area contributed by atoms with Crippen LogP contribution in [0.25, 0.3) is 11.1 Å². The average molecular weight is 458 g/mol. The number of nitrogens with zero attached hydrogens (tertiary/aromatic N) is 1. The van der Waals surface area contributed by atoms with Gasteiger partial charge in [-0.1, -0.05) is 60.7 Å². The molecule has 0 radical (unpaired) electrons. The zero-order valence-corrected chi connectivity index (χ0v) is 19.2. The number of carbonyl (C=O) groups excluding carboxylic acids is 3. The number of aryl methyl sites for hydroxylation is 1. The Morgan fingerprint density at radius 3 is 2.35 bits per heavy atom. The second kappa shape index (κ2) is 9.79. The summed E-state index contributed by atoms with van der Waals surface area (Å²) in [5, 5.41) is 5.61. The zero-order chi connectivity index (χ0) is 24.1. The van der Waals surface area contributed by atoms with Gasteiger partial charge in [-0.2, -0.15) is 0 Å². The fourth-order valence-corrected chi connectivity index (χ4v) is 4.04. The highest BCUT2D eigenvalue weighted by atomic mass is 16.5. The number of hydrogen-bond acceptors (Lipinski definition) is 4. The molecule has 4 amide bonds. The fraction of sp³-hybridized carbons (Fsp3) is 0.222. The van der Waals surface area contributed by atoms with Crippen LogP contribution >= 0.6 is 0 Å². The second-order valence-electron chi connectivity index (χ2n) is 8.46. The number of ether oxygens (including phenoxy) is 1. The van der Waals surface area contributed by atoms with Gasteiger partial charge in [0.05, 0.1) is 7.11 Å². The number of benzene rings is 3. The zero-order valence-electron chi connectivity index (χ0n) is 19.2. The van der Waals surface area contributed by atoms with Gasteiger partial charge in [0.25, 0.3) is 5.91 Å². The second-order valence-corrected chi connectivity index (χ2v) is 8.46. The molecule has 0 saturated carbocycles. The predicted octanol–water partition coefficient (Wildman–Crippen LogP) is 4.24. The smallest absolute Gasteiger partial charge is 0.325 e. The summed E-state index contributed by atoms with van der Waals surface area (Å²) >= 11 is 0. The molecule has 174 valence electrons. The summed E-state index contributed by atoms with van der Waals surface area (Å²) in [5.74, 6) is -0.0879. The van der Waals surface area contributed by atoms with Crippen molar-refractivity contribution >= 4 is 23.5 Å². The molecule has 1 aliphatic rings. The normalized spacial score (nSPS) is 17.4. The van der Waals surface area contributed by atoms with Gasteiger partial charge in [0.15, 0.2) is 0 Å². The molecule has 2 N–H and O–H groups in total. The lowest BCUT2D eigenvalue weighted by Crippen LogP contribution is -2.45. The van der Waals surface area contributed by atoms with Crippen molar-refractivity contribution in [1.82, 2.24) is 10.2 Å². The van der Waals surface area contributed by atoms with Gasteiger partial charge in [-0.3, -0.25) is 14.5 Å². The van der Waals surface area contributed by atoms with Crippen molar-refractivity contribution in [2.24, 2.45) is 0 Å². The van der Waals surface area contributed by atoms with Crippen molar-refractivity contribution in [2.45, 2.75) is 25.3 Å². The summed E-state index contributed by atoms with van der Waals surface area (Å²) in [5.41, 5.74) is 2.39. The highest BCUT2D eigenvalue weighted by molar-refractivity contribution is 6.10. The molecule has 0 aromatic heterocycles. The number of imide groups is 1. The van der Waals surface area contributed by atoms with Crippen LogP contribution in [0.3, 0.4) is 0 Å². The van der Waals surface area contributed by atoms with Crippen molar-refractivity contribution in [3.05, 3.63) is 84.4 Å². The largest absolute Gasteiger partial charge is 0.497 e. The van der Waals surface area contributed by atoms with Crippen LogP contribution in [0.2, 0.25) is 0 Å². The van der Waals surface area contributed by atoms with Crippen LogP contribution in [-0.4, -0.2) is 41.9 Å². The number of nitrogens with one attached hydrogen (secondary N) is 2. The number of amides is 4. The van der Waals surface area contributed by atoms with E-state index in [1.807, 2.05) is 72.8 Å². The minimum atomic E-state index is -1.07. The summed E-state index contributed by atoms with van der Waals surface area (Å²) in [6.07, 6.45) is 1.01. The number of hydrogen-bond donors (Lipinski definition) is 2. The quantitative estimate of drug-likeness (QED) is 0.495. The molecule has 0 spiro atoms. The standard InChI is InChI=1S/C27H27N3O4/c1-27(17-16-19-12-14-21(34-2)15-13-19)25(32)30(26(33)29-27)18-24(31)28-23-11-7-6-10-22(23)20-8-4-3-5-9-20/h3-15H,16-18H2,1-2H3,(H,28,31)(H,29,33)/t27-/m1/s1. The van der Waals surface area contributed by atoms with Gasteiger partial charge in [-0.15, -0.1) is 0 Å². The van der Waals surface area contributed by atoms with Crippen LogP contribution in [0.5, 0.6) is 5.75 Å². The van der Waals surface area contributed by atoms with Crippen molar-refractivity contribution in [3.63, 3.8) is 0 Å². The van der Waals surface area contributed by atoms with E-state index < -0.39 is 23.4 Å². The van der Waals surface area contributed by atoms with Crippen molar-refractivity contribution in [1.29, 1.82) is 0 Å². The van der Waals surface area contributed by atoms with Gasteiger partial charge in [0.2, 0.25) is 5.91 Å². The van der Waals surface area contributed by atoms with E-state index in [9.17, 15) is 14.4 Å². The van der Waals surface area contributed by atoms with E-state index in [0.29, 0.717) is 18.5 Å². The minimum absolute atomic E-state index is 0.355. The lowest BCUT2D eigenvalue weighted by atomic mass is 9.93. The molecule has 1 fully saturated rings. The molecule has 7 heteroatoms. The van der Waals surface area contributed by atoms with Crippen LogP contribution in [0.4, 0.5) is 10.5 Å². The topological polar surface area (TPSA) is 87.7 Å². The van der Waals surface area contributed by atoms with E-state index in [1.54, 1.807) is 20.1 Å². The predicted molar refractivity (Wildman–Crippen MR) is 130 cm³/mol. The van der Waals surface area contributed by atoms with Crippen molar-refractivity contribution in [2.75, 3.05) is 19.0 Å². The lowest BCUT2D eigenvalue weighted by molar-refractivity contribution is -0.133. The molecule has 1 saturated heterocycles. The van der Waals surface area contributed by atoms with Crippen molar-refractivity contribution in [3.8, 4) is 16.9 Å². The molecule has 34 heavy (non-hydrogen) atoms. The number of urea groups is 1. The first-order chi connectivity index (χ1) is 16.4. The van der Waals surface area contributed by atoms with E-state index >= 15 is 0 Å². The van der Waals surface area contributed by atoms with Crippen molar-refractivity contribution < 1.29 is 19.1 Å². The molecule has 4 rings (SSSR count). The van der Waals surface area contributed by atoms with Gasteiger partial charge < -0.3 is 15.4 Å².